The Morgan fingerprint density at radius 2 is 1.33 bits per heavy atom. The van der Waals surface area contributed by atoms with E-state index in [2.05, 4.69) is 26.6 Å². The molecule has 0 aliphatic carbocycles. The topological polar surface area (TPSA) is 309 Å². The number of carboxylic acid groups (broad SMARTS) is 2. The van der Waals surface area contributed by atoms with E-state index in [1.54, 1.807) is 13.8 Å². The highest BCUT2D eigenvalue weighted by atomic mass is 16.4. The van der Waals surface area contributed by atoms with Crippen molar-refractivity contribution in [3.63, 3.8) is 0 Å². The fourth-order valence-electron chi connectivity index (χ4n) is 3.33. The van der Waals surface area contributed by atoms with E-state index in [1.165, 1.54) is 6.92 Å². The molecule has 0 aliphatic heterocycles. The second-order valence-corrected chi connectivity index (χ2v) is 9.57. The fraction of sp³-hybridized carbons (Fsp3) is 0.667. The van der Waals surface area contributed by atoms with Crippen LogP contribution in [0.3, 0.4) is 0 Å². The number of aliphatic hydroxyl groups is 1. The standard InChI is InChI=1S/C24H41N7O11/c1-4-11(2)19(31-21(38)13(25)10-32)23(40)27-9-17(34)28-12(3)20(37)29-14(6-8-18(35)36)22(39)30-15(24(41)42)5-7-16(26)33/h11-15,19,32H,4-10,25H2,1-3H3,(H2,26,33)(H,27,40)(H,28,34)(H,29,37)(H,30,39)(H,31,38)(H,35,36)(H,41,42)/t11-,12-,13-,14-,15-,19-/m0/s1. The second kappa shape index (κ2) is 18.9. The zero-order valence-electron chi connectivity index (χ0n) is 23.7. The lowest BCUT2D eigenvalue weighted by atomic mass is 9.98. The minimum absolute atomic E-state index is 0.343. The van der Waals surface area contributed by atoms with E-state index < -0.39 is 104 Å². The zero-order valence-corrected chi connectivity index (χ0v) is 23.7. The van der Waals surface area contributed by atoms with Gasteiger partial charge in [-0.05, 0) is 25.7 Å². The summed E-state index contributed by atoms with van der Waals surface area (Å²) in [6.07, 6.45) is -1.21. The van der Waals surface area contributed by atoms with Crippen molar-refractivity contribution in [3.8, 4) is 0 Å². The second-order valence-electron chi connectivity index (χ2n) is 9.57. The SMILES string of the molecule is CC[C@H](C)[C@H](NC(=O)[C@@H](N)CO)C(=O)NCC(=O)N[C@@H](C)C(=O)N[C@@H](CCC(=O)O)C(=O)N[C@@H](CCC(N)=O)C(=O)O. The van der Waals surface area contributed by atoms with E-state index in [-0.39, 0.29) is 18.8 Å². The van der Waals surface area contributed by atoms with E-state index in [0.717, 1.165) is 0 Å². The van der Waals surface area contributed by atoms with E-state index >= 15 is 0 Å². The summed E-state index contributed by atoms with van der Waals surface area (Å²) >= 11 is 0. The number of nitrogens with two attached hydrogens (primary N) is 2. The van der Waals surface area contributed by atoms with Gasteiger partial charge in [0, 0.05) is 12.8 Å². The number of nitrogens with one attached hydrogen (secondary N) is 5. The van der Waals surface area contributed by atoms with Crippen molar-refractivity contribution in [1.29, 1.82) is 0 Å². The van der Waals surface area contributed by atoms with Crippen molar-refractivity contribution in [2.45, 2.75) is 83.1 Å². The molecule has 0 unspecified atom stereocenters. The molecule has 0 radical (unpaired) electrons. The Kier molecular flexibility index (Phi) is 17.0. The molecule has 0 aromatic heterocycles. The number of primary amides is 1. The van der Waals surface area contributed by atoms with Gasteiger partial charge in [0.05, 0.1) is 13.2 Å². The molecule has 0 saturated heterocycles. The molecule has 18 nitrogen and oxygen atoms in total. The van der Waals surface area contributed by atoms with Gasteiger partial charge in [0.2, 0.25) is 35.4 Å². The minimum Gasteiger partial charge on any atom is -0.481 e. The van der Waals surface area contributed by atoms with Crippen LogP contribution in [0.2, 0.25) is 0 Å². The zero-order chi connectivity index (χ0) is 32.6. The third-order valence-corrected chi connectivity index (χ3v) is 6.09. The highest BCUT2D eigenvalue weighted by Gasteiger charge is 2.30. The van der Waals surface area contributed by atoms with Crippen LogP contribution in [-0.2, 0) is 38.4 Å². The largest absolute Gasteiger partial charge is 0.481 e. The van der Waals surface area contributed by atoms with Crippen LogP contribution < -0.4 is 38.1 Å². The lowest BCUT2D eigenvalue weighted by molar-refractivity contribution is -0.143. The third-order valence-electron chi connectivity index (χ3n) is 6.09. The first-order valence-corrected chi connectivity index (χ1v) is 13.1. The van der Waals surface area contributed by atoms with E-state index in [4.69, 9.17) is 21.7 Å². The quantitative estimate of drug-likeness (QED) is 0.0631. The molecule has 0 saturated carbocycles. The Labute approximate surface area is 241 Å². The van der Waals surface area contributed by atoms with Crippen molar-refractivity contribution in [2.24, 2.45) is 17.4 Å². The number of carbonyl (C=O) groups is 8. The molecule has 0 aromatic rings. The molecule has 0 bridgehead atoms. The Morgan fingerprint density at radius 3 is 1.83 bits per heavy atom. The van der Waals surface area contributed by atoms with Crippen LogP contribution in [0.1, 0.15) is 52.9 Å². The number of amides is 6. The van der Waals surface area contributed by atoms with Crippen molar-refractivity contribution >= 4 is 47.4 Å². The summed E-state index contributed by atoms with van der Waals surface area (Å²) in [7, 11) is 0. The number of carboxylic acids is 2. The summed E-state index contributed by atoms with van der Waals surface area (Å²) in [6.45, 7) is 3.44. The van der Waals surface area contributed by atoms with Gasteiger partial charge in [0.1, 0.15) is 30.2 Å². The summed E-state index contributed by atoms with van der Waals surface area (Å²) in [6, 6.07) is -6.66. The van der Waals surface area contributed by atoms with Crippen molar-refractivity contribution in [2.75, 3.05) is 13.2 Å². The van der Waals surface area contributed by atoms with Gasteiger partial charge in [-0.2, -0.15) is 0 Å². The van der Waals surface area contributed by atoms with Gasteiger partial charge in [0.15, 0.2) is 0 Å². The summed E-state index contributed by atoms with van der Waals surface area (Å²) in [5.74, 6) is -8.22. The predicted octanol–water partition coefficient (Wildman–Crippen LogP) is -4.36. The molecule has 18 heteroatoms. The summed E-state index contributed by atoms with van der Waals surface area (Å²) in [5.41, 5.74) is 10.5. The lowest BCUT2D eigenvalue weighted by Gasteiger charge is -2.25. The number of aliphatic hydroxyl groups excluding tert-OH is 1. The van der Waals surface area contributed by atoms with Crippen LogP contribution in [0.4, 0.5) is 0 Å². The average molecular weight is 604 g/mol. The number of carbonyl (C=O) groups excluding carboxylic acids is 6. The van der Waals surface area contributed by atoms with Crippen LogP contribution in [0.25, 0.3) is 0 Å². The molecule has 6 atom stereocenters. The molecule has 0 aliphatic rings. The third kappa shape index (κ3) is 14.4. The van der Waals surface area contributed by atoms with Crippen LogP contribution in [0.15, 0.2) is 0 Å². The van der Waals surface area contributed by atoms with E-state index in [9.17, 15) is 43.5 Å². The summed E-state index contributed by atoms with van der Waals surface area (Å²) < 4.78 is 0. The van der Waals surface area contributed by atoms with Gasteiger partial charge in [-0.3, -0.25) is 33.6 Å². The number of rotatable bonds is 20. The van der Waals surface area contributed by atoms with Crippen molar-refractivity contribution < 1.29 is 53.7 Å². The van der Waals surface area contributed by atoms with Gasteiger partial charge in [0.25, 0.3) is 0 Å². The molecular weight excluding hydrogens is 562 g/mol. The molecule has 0 rings (SSSR count). The van der Waals surface area contributed by atoms with Crippen LogP contribution >= 0.6 is 0 Å². The van der Waals surface area contributed by atoms with E-state index in [1.807, 2.05) is 0 Å². The molecule has 6 amide bonds. The molecule has 238 valence electrons. The maximum Gasteiger partial charge on any atom is 0.326 e. The molecule has 42 heavy (non-hydrogen) atoms. The monoisotopic (exact) mass is 603 g/mol. The Hall–Kier alpha value is -4.32. The van der Waals surface area contributed by atoms with Crippen molar-refractivity contribution in [1.82, 2.24) is 26.6 Å². The van der Waals surface area contributed by atoms with Crippen LogP contribution in [-0.4, -0.2) is 106 Å². The highest BCUT2D eigenvalue weighted by Crippen LogP contribution is 2.08. The molecule has 0 heterocycles. The predicted molar refractivity (Wildman–Crippen MR) is 144 cm³/mol. The van der Waals surface area contributed by atoms with Crippen LogP contribution in [0, 0.1) is 5.92 Å². The molecule has 0 aromatic carbocycles. The van der Waals surface area contributed by atoms with Crippen molar-refractivity contribution in [3.05, 3.63) is 0 Å². The molecular formula is C24H41N7O11. The average Bonchev–Trinajstić information content (AvgIpc) is 2.92. The molecule has 0 fully saturated rings. The number of aliphatic carboxylic acids is 2. The summed E-state index contributed by atoms with van der Waals surface area (Å²) in [4.78, 5) is 95.8. The first kappa shape index (κ1) is 37.7. The van der Waals surface area contributed by atoms with Gasteiger partial charge >= 0.3 is 11.9 Å². The van der Waals surface area contributed by atoms with Gasteiger partial charge < -0.3 is 53.4 Å². The normalized spacial score (nSPS) is 15.0. The Bertz CT molecular complexity index is 1010. The maximum atomic E-state index is 12.7. The van der Waals surface area contributed by atoms with Gasteiger partial charge in [-0.25, -0.2) is 4.79 Å². The van der Waals surface area contributed by atoms with E-state index in [0.29, 0.717) is 6.42 Å². The Balaban J connectivity index is 5.26. The maximum absolute atomic E-state index is 12.7. The highest BCUT2D eigenvalue weighted by molar-refractivity contribution is 5.95. The number of hydrogen-bond acceptors (Lipinski definition) is 10. The Morgan fingerprint density at radius 1 is 0.762 bits per heavy atom. The molecule has 0 spiro atoms. The lowest BCUT2D eigenvalue weighted by Crippen LogP contribution is -2.57. The minimum atomic E-state index is -1.54. The first-order chi connectivity index (χ1) is 19.5. The van der Waals surface area contributed by atoms with Gasteiger partial charge in [-0.15, -0.1) is 0 Å². The fourth-order valence-corrected chi connectivity index (χ4v) is 3.33. The smallest absolute Gasteiger partial charge is 0.326 e. The summed E-state index contributed by atoms with van der Waals surface area (Å²) in [5, 5.41) is 38.7. The first-order valence-electron chi connectivity index (χ1n) is 13.1. The van der Waals surface area contributed by atoms with Gasteiger partial charge in [-0.1, -0.05) is 20.3 Å². The van der Waals surface area contributed by atoms with Crippen LogP contribution in [0.5, 0.6) is 0 Å². The number of hydrogen-bond donors (Lipinski definition) is 10. The molecule has 12 N–H and O–H groups in total.